The molecule has 1 saturated heterocycles. The monoisotopic (exact) mass is 304 g/mol. The molecule has 1 aliphatic rings. The first-order valence-corrected chi connectivity index (χ1v) is 8.21. The van der Waals surface area contributed by atoms with Crippen molar-refractivity contribution in [3.8, 4) is 0 Å². The van der Waals surface area contributed by atoms with Crippen LogP contribution in [0.15, 0.2) is 30.3 Å². The molecule has 0 unspecified atom stereocenters. The van der Waals surface area contributed by atoms with Crippen LogP contribution in [0, 0.1) is 11.8 Å². The lowest BCUT2D eigenvalue weighted by atomic mass is 9.92. The van der Waals surface area contributed by atoms with Crippen molar-refractivity contribution in [2.24, 2.45) is 11.8 Å². The molecule has 1 aromatic rings. The number of piperidine rings is 1. The molecule has 1 amide bonds. The lowest BCUT2D eigenvalue weighted by Crippen LogP contribution is -2.47. The number of nitrogens with one attached hydrogen (secondary N) is 1. The second-order valence-corrected chi connectivity index (χ2v) is 6.89. The van der Waals surface area contributed by atoms with Gasteiger partial charge in [-0.25, -0.2) is 0 Å². The van der Waals surface area contributed by atoms with E-state index in [9.17, 15) is 9.90 Å². The van der Waals surface area contributed by atoms with Crippen LogP contribution < -0.4 is 5.32 Å². The number of hydrogen-bond acceptors (Lipinski definition) is 3. The zero-order chi connectivity index (χ0) is 16.1. The SMILES string of the molecule is C[C@@H]1C[C@H](C)CN(C[C@@H](C)NC(=O)[C@H](O)c2ccccc2)C1. The fourth-order valence-corrected chi connectivity index (χ4v) is 3.48. The first kappa shape index (κ1) is 17.0. The van der Waals surface area contributed by atoms with Crippen LogP contribution in [-0.4, -0.2) is 41.6 Å². The topological polar surface area (TPSA) is 52.6 Å². The molecule has 122 valence electrons. The molecule has 0 radical (unpaired) electrons. The van der Waals surface area contributed by atoms with Gasteiger partial charge in [-0.05, 0) is 30.7 Å². The first-order chi connectivity index (χ1) is 10.5. The molecular formula is C18H28N2O2. The van der Waals surface area contributed by atoms with Crippen molar-refractivity contribution in [2.75, 3.05) is 19.6 Å². The molecule has 4 nitrogen and oxygen atoms in total. The maximum Gasteiger partial charge on any atom is 0.253 e. The third-order valence-electron chi connectivity index (χ3n) is 4.23. The molecule has 0 spiro atoms. The predicted octanol–water partition coefficient (Wildman–Crippen LogP) is 2.20. The Labute approximate surface area is 133 Å². The molecule has 22 heavy (non-hydrogen) atoms. The van der Waals surface area contributed by atoms with Crippen LogP contribution >= 0.6 is 0 Å². The quantitative estimate of drug-likeness (QED) is 0.877. The minimum atomic E-state index is -1.09. The van der Waals surface area contributed by atoms with Crippen LogP contribution in [0.2, 0.25) is 0 Å². The van der Waals surface area contributed by atoms with E-state index >= 15 is 0 Å². The van der Waals surface area contributed by atoms with Crippen LogP contribution in [0.1, 0.15) is 38.9 Å². The van der Waals surface area contributed by atoms with Crippen LogP contribution in [0.5, 0.6) is 0 Å². The van der Waals surface area contributed by atoms with E-state index < -0.39 is 6.10 Å². The van der Waals surface area contributed by atoms with Gasteiger partial charge in [-0.2, -0.15) is 0 Å². The Kier molecular flexibility index (Phi) is 5.98. The number of aliphatic hydroxyl groups excluding tert-OH is 1. The molecule has 0 saturated carbocycles. The average molecular weight is 304 g/mol. The molecule has 0 bridgehead atoms. The molecule has 1 aromatic carbocycles. The minimum Gasteiger partial charge on any atom is -0.378 e. The largest absolute Gasteiger partial charge is 0.378 e. The normalized spacial score (nSPS) is 25.5. The van der Waals surface area contributed by atoms with Crippen molar-refractivity contribution in [1.82, 2.24) is 10.2 Å². The zero-order valence-electron chi connectivity index (χ0n) is 13.8. The van der Waals surface area contributed by atoms with Crippen LogP contribution in [0.3, 0.4) is 0 Å². The molecule has 4 atom stereocenters. The van der Waals surface area contributed by atoms with Gasteiger partial charge >= 0.3 is 0 Å². The van der Waals surface area contributed by atoms with E-state index in [1.54, 1.807) is 12.1 Å². The number of carbonyl (C=O) groups excluding carboxylic acids is 1. The van der Waals surface area contributed by atoms with E-state index in [1.165, 1.54) is 6.42 Å². The van der Waals surface area contributed by atoms with Gasteiger partial charge in [-0.15, -0.1) is 0 Å². The Morgan fingerprint density at radius 1 is 1.27 bits per heavy atom. The molecule has 1 aliphatic heterocycles. The molecule has 2 N–H and O–H groups in total. The Hall–Kier alpha value is -1.39. The third kappa shape index (κ3) is 4.82. The Morgan fingerprint density at radius 2 is 1.86 bits per heavy atom. The van der Waals surface area contributed by atoms with Gasteiger partial charge in [-0.3, -0.25) is 4.79 Å². The smallest absolute Gasteiger partial charge is 0.253 e. The predicted molar refractivity (Wildman–Crippen MR) is 88.4 cm³/mol. The number of hydrogen-bond donors (Lipinski definition) is 2. The number of carbonyl (C=O) groups is 1. The van der Waals surface area contributed by atoms with Crippen molar-refractivity contribution in [3.05, 3.63) is 35.9 Å². The highest BCUT2D eigenvalue weighted by atomic mass is 16.3. The Balaban J connectivity index is 1.83. The number of likely N-dealkylation sites (tertiary alicyclic amines) is 1. The van der Waals surface area contributed by atoms with Crippen molar-refractivity contribution < 1.29 is 9.90 Å². The van der Waals surface area contributed by atoms with Crippen LogP contribution in [-0.2, 0) is 4.79 Å². The van der Waals surface area contributed by atoms with Gasteiger partial charge in [0.15, 0.2) is 6.10 Å². The Morgan fingerprint density at radius 3 is 2.45 bits per heavy atom. The van der Waals surface area contributed by atoms with Gasteiger partial charge in [0.05, 0.1) is 0 Å². The summed E-state index contributed by atoms with van der Waals surface area (Å²) in [7, 11) is 0. The van der Waals surface area contributed by atoms with Crippen molar-refractivity contribution >= 4 is 5.91 Å². The average Bonchev–Trinajstić information content (AvgIpc) is 2.46. The molecule has 1 heterocycles. The summed E-state index contributed by atoms with van der Waals surface area (Å²) in [6.45, 7) is 9.58. The summed E-state index contributed by atoms with van der Waals surface area (Å²) in [4.78, 5) is 14.6. The highest BCUT2D eigenvalue weighted by Gasteiger charge is 2.24. The maximum absolute atomic E-state index is 12.1. The number of rotatable bonds is 5. The van der Waals surface area contributed by atoms with E-state index in [0.717, 1.165) is 19.6 Å². The fraction of sp³-hybridized carbons (Fsp3) is 0.611. The van der Waals surface area contributed by atoms with Crippen molar-refractivity contribution in [2.45, 2.75) is 39.3 Å². The first-order valence-electron chi connectivity index (χ1n) is 8.21. The van der Waals surface area contributed by atoms with Gasteiger partial charge in [0.2, 0.25) is 0 Å². The fourth-order valence-electron chi connectivity index (χ4n) is 3.48. The molecular weight excluding hydrogens is 276 g/mol. The van der Waals surface area contributed by atoms with E-state index in [2.05, 4.69) is 24.1 Å². The van der Waals surface area contributed by atoms with Crippen molar-refractivity contribution in [1.29, 1.82) is 0 Å². The van der Waals surface area contributed by atoms with Crippen molar-refractivity contribution in [3.63, 3.8) is 0 Å². The minimum absolute atomic E-state index is 0.0309. The number of aliphatic hydroxyl groups is 1. The number of amides is 1. The summed E-state index contributed by atoms with van der Waals surface area (Å²) in [5, 5.41) is 13.0. The highest BCUT2D eigenvalue weighted by molar-refractivity contribution is 5.82. The number of benzene rings is 1. The van der Waals surface area contributed by atoms with E-state index in [1.807, 2.05) is 25.1 Å². The zero-order valence-corrected chi connectivity index (χ0v) is 13.8. The van der Waals surface area contributed by atoms with Gasteiger partial charge < -0.3 is 15.3 Å². The van der Waals surface area contributed by atoms with Gasteiger partial charge in [-0.1, -0.05) is 44.2 Å². The second-order valence-electron chi connectivity index (χ2n) is 6.89. The summed E-state index contributed by atoms with van der Waals surface area (Å²) >= 11 is 0. The standard InChI is InChI=1S/C18H28N2O2/c1-13-9-14(2)11-20(10-13)12-15(3)19-18(22)17(21)16-7-5-4-6-8-16/h4-8,13-15,17,21H,9-12H2,1-3H3,(H,19,22)/t13-,14+,15-,17-/m1/s1. The number of nitrogens with zero attached hydrogens (tertiary/aromatic N) is 1. The molecule has 2 rings (SSSR count). The molecule has 0 aliphatic carbocycles. The second kappa shape index (κ2) is 7.75. The maximum atomic E-state index is 12.1. The van der Waals surface area contributed by atoms with Crippen LogP contribution in [0.25, 0.3) is 0 Å². The van der Waals surface area contributed by atoms with Crippen LogP contribution in [0.4, 0.5) is 0 Å². The highest BCUT2D eigenvalue weighted by Crippen LogP contribution is 2.21. The summed E-state index contributed by atoms with van der Waals surface area (Å²) in [5.74, 6) is 1.10. The lowest BCUT2D eigenvalue weighted by molar-refractivity contribution is -0.130. The van der Waals surface area contributed by atoms with Gasteiger partial charge in [0.1, 0.15) is 0 Å². The van der Waals surface area contributed by atoms with E-state index in [-0.39, 0.29) is 11.9 Å². The third-order valence-corrected chi connectivity index (χ3v) is 4.23. The summed E-state index contributed by atoms with van der Waals surface area (Å²) in [6.07, 6.45) is 0.187. The van der Waals surface area contributed by atoms with E-state index in [0.29, 0.717) is 17.4 Å². The van der Waals surface area contributed by atoms with Gasteiger partial charge in [0.25, 0.3) is 5.91 Å². The van der Waals surface area contributed by atoms with E-state index in [4.69, 9.17) is 0 Å². The molecule has 1 fully saturated rings. The molecule has 0 aromatic heterocycles. The molecule has 4 heteroatoms. The summed E-state index contributed by atoms with van der Waals surface area (Å²) < 4.78 is 0. The summed E-state index contributed by atoms with van der Waals surface area (Å²) in [5.41, 5.74) is 0.632. The Bertz CT molecular complexity index is 467. The summed E-state index contributed by atoms with van der Waals surface area (Å²) in [6, 6.07) is 9.09. The van der Waals surface area contributed by atoms with Gasteiger partial charge in [0, 0.05) is 25.7 Å². The lowest BCUT2D eigenvalue weighted by Gasteiger charge is -2.36.